The third-order valence-electron chi connectivity index (χ3n) is 5.80. The number of aromatic amines is 1. The van der Waals surface area contributed by atoms with E-state index in [0.717, 1.165) is 0 Å². The number of hydrogen-bond donors (Lipinski definition) is 4. The maximum atomic E-state index is 13.0. The molecule has 2 aromatic rings. The Morgan fingerprint density at radius 1 is 1.13 bits per heavy atom. The first-order valence-electron chi connectivity index (χ1n) is 10.1. The second-order valence-electron chi connectivity index (χ2n) is 9.64. The molecular weight excluding hydrogens is 380 g/mol. The second kappa shape index (κ2) is 7.76. The lowest BCUT2D eigenvalue weighted by molar-refractivity contribution is 0.0917. The highest BCUT2D eigenvalue weighted by molar-refractivity contribution is 5.97. The largest absolute Gasteiger partial charge is 0.508 e. The van der Waals surface area contributed by atoms with Gasteiger partial charge in [-0.15, -0.1) is 0 Å². The van der Waals surface area contributed by atoms with Crippen LogP contribution in [-0.4, -0.2) is 33.8 Å². The number of allylic oxidation sites excluding steroid dienone is 1. The molecule has 0 aliphatic heterocycles. The number of rotatable bonds is 4. The molecule has 0 fully saturated rings. The Kier molecular flexibility index (Phi) is 5.65. The van der Waals surface area contributed by atoms with Crippen molar-refractivity contribution in [3.63, 3.8) is 0 Å². The Balaban J connectivity index is 1.96. The number of aliphatic hydroxyl groups is 2. The van der Waals surface area contributed by atoms with Gasteiger partial charge in [-0.1, -0.05) is 52.8 Å². The Morgan fingerprint density at radius 3 is 2.43 bits per heavy atom. The molecule has 1 heterocycles. The molecule has 0 spiro atoms. The van der Waals surface area contributed by atoms with Crippen molar-refractivity contribution >= 4 is 16.8 Å². The molecular formula is C24H30N2O4. The van der Waals surface area contributed by atoms with Gasteiger partial charge in [0.1, 0.15) is 11.3 Å². The fourth-order valence-electron chi connectivity index (χ4n) is 3.88. The molecule has 0 radical (unpaired) electrons. The van der Waals surface area contributed by atoms with Gasteiger partial charge in [0.2, 0.25) is 5.43 Å². The summed E-state index contributed by atoms with van der Waals surface area (Å²) in [4.78, 5) is 28.8. The number of amides is 1. The normalized spacial score (nSPS) is 19.9. The van der Waals surface area contributed by atoms with Gasteiger partial charge in [0, 0.05) is 28.4 Å². The molecule has 2 unspecified atom stereocenters. The molecule has 6 nitrogen and oxygen atoms in total. The average molecular weight is 411 g/mol. The van der Waals surface area contributed by atoms with Crippen molar-refractivity contribution in [1.82, 2.24) is 10.3 Å². The van der Waals surface area contributed by atoms with E-state index in [1.807, 2.05) is 26.0 Å². The Hall–Kier alpha value is -2.86. The molecule has 1 aromatic heterocycles. The van der Waals surface area contributed by atoms with Gasteiger partial charge in [-0.2, -0.15) is 0 Å². The second-order valence-corrected chi connectivity index (χ2v) is 9.64. The van der Waals surface area contributed by atoms with Crippen LogP contribution in [0, 0.1) is 16.7 Å². The summed E-state index contributed by atoms with van der Waals surface area (Å²) in [5, 5.41) is 23.7. The van der Waals surface area contributed by atoms with Gasteiger partial charge in [-0.3, -0.25) is 9.59 Å². The highest BCUT2D eigenvalue weighted by Gasteiger charge is 2.38. The number of fused-ring (bicyclic) bond motifs is 1. The van der Waals surface area contributed by atoms with Crippen molar-refractivity contribution in [2.24, 2.45) is 16.7 Å². The van der Waals surface area contributed by atoms with E-state index in [2.05, 4.69) is 31.1 Å². The minimum absolute atomic E-state index is 0.0275. The summed E-state index contributed by atoms with van der Waals surface area (Å²) in [5.41, 5.74) is 0.158. The number of pyridine rings is 1. The lowest BCUT2D eigenvalue weighted by Crippen LogP contribution is -2.46. The summed E-state index contributed by atoms with van der Waals surface area (Å²) < 4.78 is 0. The predicted molar refractivity (Wildman–Crippen MR) is 118 cm³/mol. The number of para-hydroxylation sites is 1. The van der Waals surface area contributed by atoms with Crippen molar-refractivity contribution < 1.29 is 15.0 Å². The first kappa shape index (κ1) is 21.8. The van der Waals surface area contributed by atoms with E-state index in [0.29, 0.717) is 16.5 Å². The number of nitrogens with one attached hydrogen (secondary N) is 2. The van der Waals surface area contributed by atoms with Crippen LogP contribution in [0.1, 0.15) is 45.0 Å². The van der Waals surface area contributed by atoms with Gasteiger partial charge in [-0.25, -0.2) is 0 Å². The molecule has 3 rings (SSSR count). The molecule has 0 saturated heterocycles. The number of aromatic nitrogens is 1. The number of H-pyrrole nitrogens is 1. The van der Waals surface area contributed by atoms with Gasteiger partial charge < -0.3 is 20.5 Å². The monoisotopic (exact) mass is 410 g/mol. The van der Waals surface area contributed by atoms with Gasteiger partial charge in [0.05, 0.1) is 12.6 Å². The fraction of sp³-hybridized carbons (Fsp3) is 0.417. The van der Waals surface area contributed by atoms with Crippen LogP contribution in [0.15, 0.2) is 58.7 Å². The van der Waals surface area contributed by atoms with Crippen LogP contribution < -0.4 is 10.7 Å². The minimum atomic E-state index is -0.617. The summed E-state index contributed by atoms with van der Waals surface area (Å²) in [6, 6.07) is 6.54. The number of benzene rings is 1. The van der Waals surface area contributed by atoms with E-state index < -0.39 is 17.4 Å². The van der Waals surface area contributed by atoms with Gasteiger partial charge in [-0.05, 0) is 29.2 Å². The standard InChI is InChI=1S/C24H30N2O4/c1-23(2,3)16-10-17(24(4,5)13-27)20(28)11-19(16)26-22(30)15-12-25-18-9-7-6-8-14(18)21(15)29/h6-12,16,19,27-28H,13H2,1-5H3,(H,25,29)(H,26,30). The van der Waals surface area contributed by atoms with E-state index in [9.17, 15) is 19.8 Å². The molecule has 2 atom stereocenters. The lowest BCUT2D eigenvalue weighted by atomic mass is 9.69. The average Bonchev–Trinajstić information content (AvgIpc) is 2.67. The molecule has 6 heteroatoms. The molecule has 160 valence electrons. The van der Waals surface area contributed by atoms with Crippen LogP contribution in [0.25, 0.3) is 10.9 Å². The van der Waals surface area contributed by atoms with Crippen LogP contribution in [0.3, 0.4) is 0 Å². The van der Waals surface area contributed by atoms with E-state index in [1.54, 1.807) is 24.3 Å². The Labute approximate surface area is 176 Å². The van der Waals surface area contributed by atoms with Gasteiger partial charge in [0.15, 0.2) is 0 Å². The highest BCUT2D eigenvalue weighted by Crippen LogP contribution is 2.41. The van der Waals surface area contributed by atoms with E-state index >= 15 is 0 Å². The maximum absolute atomic E-state index is 13.0. The summed E-state index contributed by atoms with van der Waals surface area (Å²) in [6.07, 6.45) is 4.96. The zero-order chi connectivity index (χ0) is 22.3. The number of carbonyl (C=O) groups is 1. The van der Waals surface area contributed by atoms with Crippen LogP contribution in [-0.2, 0) is 0 Å². The van der Waals surface area contributed by atoms with Crippen LogP contribution in [0.4, 0.5) is 0 Å². The number of hydrogen-bond acceptors (Lipinski definition) is 4. The lowest BCUT2D eigenvalue weighted by Gasteiger charge is -2.39. The molecule has 30 heavy (non-hydrogen) atoms. The molecule has 0 bridgehead atoms. The third kappa shape index (κ3) is 4.05. The smallest absolute Gasteiger partial charge is 0.257 e. The van der Waals surface area contributed by atoms with E-state index in [4.69, 9.17) is 0 Å². The predicted octanol–water partition coefficient (Wildman–Crippen LogP) is 3.69. The molecule has 1 aliphatic rings. The quantitative estimate of drug-likeness (QED) is 0.617. The first-order valence-corrected chi connectivity index (χ1v) is 10.1. The molecule has 0 saturated carbocycles. The van der Waals surface area contributed by atoms with Crippen molar-refractivity contribution in [3.8, 4) is 0 Å². The van der Waals surface area contributed by atoms with Crippen molar-refractivity contribution in [2.45, 2.75) is 40.7 Å². The SMILES string of the molecule is CC(C)(CO)C1=CC(C(C)(C)C)C(NC(=O)c2c[nH]c3ccccc3c2=O)C=C1O. The zero-order valence-corrected chi connectivity index (χ0v) is 18.1. The molecule has 1 aliphatic carbocycles. The van der Waals surface area contributed by atoms with E-state index in [1.165, 1.54) is 6.20 Å². The Morgan fingerprint density at radius 2 is 1.80 bits per heavy atom. The summed E-state index contributed by atoms with van der Waals surface area (Å²) in [5.74, 6) is -0.603. The van der Waals surface area contributed by atoms with Gasteiger partial charge >= 0.3 is 0 Å². The Bertz CT molecular complexity index is 1090. The topological polar surface area (TPSA) is 102 Å². The summed E-state index contributed by atoms with van der Waals surface area (Å²) in [7, 11) is 0. The van der Waals surface area contributed by atoms with Crippen LogP contribution in [0.5, 0.6) is 0 Å². The summed E-state index contributed by atoms with van der Waals surface area (Å²) in [6.45, 7) is 9.76. The van der Waals surface area contributed by atoms with Crippen LogP contribution >= 0.6 is 0 Å². The zero-order valence-electron chi connectivity index (χ0n) is 18.1. The highest BCUT2D eigenvalue weighted by atomic mass is 16.3. The molecule has 1 aromatic carbocycles. The molecule has 1 amide bonds. The minimum Gasteiger partial charge on any atom is -0.508 e. The van der Waals surface area contributed by atoms with Gasteiger partial charge in [0.25, 0.3) is 5.91 Å². The molecule has 4 N–H and O–H groups in total. The van der Waals surface area contributed by atoms with Crippen LogP contribution in [0.2, 0.25) is 0 Å². The number of carbonyl (C=O) groups excluding carboxylic acids is 1. The van der Waals surface area contributed by atoms with E-state index in [-0.39, 0.29) is 34.7 Å². The summed E-state index contributed by atoms with van der Waals surface area (Å²) >= 11 is 0. The van der Waals surface area contributed by atoms with Crippen molar-refractivity contribution in [1.29, 1.82) is 0 Å². The third-order valence-corrected chi connectivity index (χ3v) is 5.80. The number of aliphatic hydroxyl groups excluding tert-OH is 2. The van der Waals surface area contributed by atoms with Crippen molar-refractivity contribution in [3.05, 3.63) is 69.7 Å². The maximum Gasteiger partial charge on any atom is 0.257 e. The fourth-order valence-corrected chi connectivity index (χ4v) is 3.88. The van der Waals surface area contributed by atoms with Crippen molar-refractivity contribution in [2.75, 3.05) is 6.61 Å². The first-order chi connectivity index (χ1) is 14.0.